The summed E-state index contributed by atoms with van der Waals surface area (Å²) in [5, 5.41) is 0. The second kappa shape index (κ2) is 7.89. The van der Waals surface area contributed by atoms with Crippen molar-refractivity contribution in [2.24, 2.45) is 0 Å². The number of carbonyl (C=O) groups excluding carboxylic acids is 3. The fourth-order valence-corrected chi connectivity index (χ4v) is 2.13. The first-order valence-electron chi connectivity index (χ1n) is 7.23. The molecule has 2 aromatic carbocycles. The van der Waals surface area contributed by atoms with E-state index in [-0.39, 0.29) is 12.4 Å². The van der Waals surface area contributed by atoms with Gasteiger partial charge in [-0.05, 0) is 31.2 Å². The molecule has 2 aromatic rings. The lowest BCUT2D eigenvalue weighted by molar-refractivity contribution is -0.107. The van der Waals surface area contributed by atoms with Gasteiger partial charge in [-0.1, -0.05) is 30.3 Å². The Bertz CT molecular complexity index is 697. The normalized spacial score (nSPS) is 9.96. The van der Waals surface area contributed by atoms with Gasteiger partial charge in [0.05, 0.1) is 11.3 Å². The van der Waals surface area contributed by atoms with E-state index >= 15 is 0 Å². The highest BCUT2D eigenvalue weighted by Crippen LogP contribution is 2.20. The van der Waals surface area contributed by atoms with E-state index in [0.29, 0.717) is 29.8 Å². The van der Waals surface area contributed by atoms with E-state index in [1.54, 1.807) is 54.6 Å². The first kappa shape index (κ1) is 16.4. The van der Waals surface area contributed by atoms with Crippen LogP contribution in [0.3, 0.4) is 0 Å². The second-order valence-electron chi connectivity index (χ2n) is 4.77. The predicted octanol–water partition coefficient (Wildman–Crippen LogP) is 2.71. The van der Waals surface area contributed by atoms with Crippen LogP contribution in [-0.4, -0.2) is 31.3 Å². The molecule has 0 radical (unpaired) electrons. The number of ketones is 1. The van der Waals surface area contributed by atoms with Crippen molar-refractivity contribution in [1.29, 1.82) is 0 Å². The zero-order valence-electron chi connectivity index (χ0n) is 12.8. The molecule has 2 rings (SSSR count). The lowest BCUT2D eigenvalue weighted by atomic mass is 10.1. The Morgan fingerprint density at radius 3 is 2.35 bits per heavy atom. The average molecular weight is 311 g/mol. The maximum Gasteiger partial charge on any atom is 0.338 e. The van der Waals surface area contributed by atoms with E-state index in [1.165, 1.54) is 4.90 Å². The summed E-state index contributed by atoms with van der Waals surface area (Å²) in [6, 6.07) is 15.2. The molecular weight excluding hydrogens is 294 g/mol. The molecule has 5 nitrogen and oxygen atoms in total. The van der Waals surface area contributed by atoms with Crippen molar-refractivity contribution >= 4 is 23.9 Å². The van der Waals surface area contributed by atoms with Crippen LogP contribution in [0.5, 0.6) is 0 Å². The van der Waals surface area contributed by atoms with E-state index in [0.717, 1.165) is 0 Å². The third-order valence-corrected chi connectivity index (χ3v) is 3.33. The molecule has 1 amide bonds. The van der Waals surface area contributed by atoms with Crippen LogP contribution in [0.2, 0.25) is 0 Å². The number of amides is 1. The van der Waals surface area contributed by atoms with Crippen LogP contribution in [-0.2, 0) is 9.53 Å². The van der Waals surface area contributed by atoms with E-state index in [2.05, 4.69) is 0 Å². The fourth-order valence-electron chi connectivity index (χ4n) is 2.13. The number of ether oxygens (including phenoxy) is 1. The Morgan fingerprint density at radius 2 is 1.70 bits per heavy atom. The van der Waals surface area contributed by atoms with Crippen molar-refractivity contribution in [2.75, 3.05) is 18.1 Å². The summed E-state index contributed by atoms with van der Waals surface area (Å²) in [4.78, 5) is 36.7. The molecule has 0 fully saturated rings. The van der Waals surface area contributed by atoms with Gasteiger partial charge in [0, 0.05) is 12.1 Å². The minimum absolute atomic E-state index is 0.349. The van der Waals surface area contributed by atoms with E-state index < -0.39 is 5.97 Å². The van der Waals surface area contributed by atoms with Gasteiger partial charge >= 0.3 is 5.97 Å². The SMILES string of the molecule is CCN(C=O)c1ccccc1C(=O)COC(=O)c1ccccc1. The molecule has 5 heteroatoms. The van der Waals surface area contributed by atoms with Crippen LogP contribution in [0.15, 0.2) is 54.6 Å². The van der Waals surface area contributed by atoms with Crippen molar-refractivity contribution in [2.45, 2.75) is 6.92 Å². The largest absolute Gasteiger partial charge is 0.454 e. The highest BCUT2D eigenvalue weighted by atomic mass is 16.5. The van der Waals surface area contributed by atoms with Gasteiger partial charge in [-0.2, -0.15) is 0 Å². The number of nitrogens with zero attached hydrogens (tertiary/aromatic N) is 1. The van der Waals surface area contributed by atoms with Crippen LogP contribution < -0.4 is 4.90 Å². The van der Waals surface area contributed by atoms with Crippen LogP contribution in [0.4, 0.5) is 5.69 Å². The van der Waals surface area contributed by atoms with Gasteiger partial charge in [0.2, 0.25) is 12.2 Å². The van der Waals surface area contributed by atoms with Gasteiger partial charge in [-0.15, -0.1) is 0 Å². The van der Waals surface area contributed by atoms with Gasteiger partial charge in [0.1, 0.15) is 0 Å². The lowest BCUT2D eigenvalue weighted by Gasteiger charge is -2.18. The third kappa shape index (κ3) is 4.03. The molecule has 0 spiro atoms. The monoisotopic (exact) mass is 311 g/mol. The number of carbonyl (C=O) groups is 3. The summed E-state index contributed by atoms with van der Waals surface area (Å²) < 4.78 is 5.05. The molecule has 0 N–H and O–H groups in total. The van der Waals surface area contributed by atoms with Crippen LogP contribution in [0.25, 0.3) is 0 Å². The summed E-state index contributed by atoms with van der Waals surface area (Å²) in [6.45, 7) is 1.88. The summed E-state index contributed by atoms with van der Waals surface area (Å²) in [6.07, 6.45) is 0.669. The van der Waals surface area contributed by atoms with Crippen LogP contribution in [0.1, 0.15) is 27.6 Å². The summed E-state index contributed by atoms with van der Waals surface area (Å²) >= 11 is 0. The highest BCUT2D eigenvalue weighted by molar-refractivity contribution is 6.05. The zero-order valence-corrected chi connectivity index (χ0v) is 12.8. The van der Waals surface area contributed by atoms with E-state index in [9.17, 15) is 14.4 Å². The molecule has 0 saturated carbocycles. The highest BCUT2D eigenvalue weighted by Gasteiger charge is 2.17. The molecule has 0 heterocycles. The Morgan fingerprint density at radius 1 is 1.04 bits per heavy atom. The molecular formula is C18H17NO4. The molecule has 0 atom stereocenters. The van der Waals surface area contributed by atoms with Crippen LogP contribution >= 0.6 is 0 Å². The minimum Gasteiger partial charge on any atom is -0.454 e. The smallest absolute Gasteiger partial charge is 0.338 e. The first-order chi connectivity index (χ1) is 11.2. The van der Waals surface area contributed by atoms with Crippen molar-refractivity contribution in [3.8, 4) is 0 Å². The second-order valence-corrected chi connectivity index (χ2v) is 4.77. The molecule has 0 unspecified atom stereocenters. The molecule has 118 valence electrons. The van der Waals surface area contributed by atoms with Gasteiger partial charge < -0.3 is 9.64 Å². The Kier molecular flexibility index (Phi) is 5.63. The lowest BCUT2D eigenvalue weighted by Crippen LogP contribution is -2.24. The summed E-state index contributed by atoms with van der Waals surface area (Å²) in [5.74, 6) is -0.913. The standard InChI is InChI=1S/C18H17NO4/c1-2-19(13-20)16-11-7-6-10-15(16)17(21)12-23-18(22)14-8-4-3-5-9-14/h3-11,13H,2,12H2,1H3. The van der Waals surface area contributed by atoms with Crippen LogP contribution in [0, 0.1) is 0 Å². The van der Waals surface area contributed by atoms with Gasteiger partial charge in [0.25, 0.3) is 0 Å². The van der Waals surface area contributed by atoms with Gasteiger partial charge in [0.15, 0.2) is 6.61 Å². The Hall–Kier alpha value is -2.95. The molecule has 0 saturated heterocycles. The number of para-hydroxylation sites is 1. The average Bonchev–Trinajstić information content (AvgIpc) is 2.61. The number of benzene rings is 2. The predicted molar refractivity (Wildman–Crippen MR) is 86.6 cm³/mol. The van der Waals surface area contributed by atoms with Gasteiger partial charge in [-0.3, -0.25) is 9.59 Å². The molecule has 0 aromatic heterocycles. The molecule has 0 bridgehead atoms. The maximum atomic E-state index is 12.3. The van der Waals surface area contributed by atoms with Crippen molar-refractivity contribution in [3.63, 3.8) is 0 Å². The number of rotatable bonds is 7. The van der Waals surface area contributed by atoms with Crippen molar-refractivity contribution in [1.82, 2.24) is 0 Å². The van der Waals surface area contributed by atoms with Crippen molar-refractivity contribution in [3.05, 3.63) is 65.7 Å². The molecule has 0 aliphatic rings. The quantitative estimate of drug-likeness (QED) is 0.448. The third-order valence-electron chi connectivity index (χ3n) is 3.33. The number of esters is 1. The number of hydrogen-bond donors (Lipinski definition) is 0. The number of Topliss-reactive ketones (excluding diaryl/α,β-unsaturated/α-hetero) is 1. The Labute approximate surface area is 134 Å². The maximum absolute atomic E-state index is 12.3. The summed E-state index contributed by atoms with van der Waals surface area (Å²) in [7, 11) is 0. The summed E-state index contributed by atoms with van der Waals surface area (Å²) in [5.41, 5.74) is 1.24. The fraction of sp³-hybridized carbons (Fsp3) is 0.167. The Balaban J connectivity index is 2.10. The van der Waals surface area contributed by atoms with E-state index in [4.69, 9.17) is 4.74 Å². The van der Waals surface area contributed by atoms with Gasteiger partial charge in [-0.25, -0.2) is 4.79 Å². The first-order valence-corrected chi connectivity index (χ1v) is 7.23. The van der Waals surface area contributed by atoms with E-state index in [1.807, 2.05) is 6.92 Å². The molecule has 23 heavy (non-hydrogen) atoms. The topological polar surface area (TPSA) is 63.7 Å². The minimum atomic E-state index is -0.556. The molecule has 0 aliphatic carbocycles. The van der Waals surface area contributed by atoms with Crippen molar-refractivity contribution < 1.29 is 19.1 Å². The number of anilines is 1. The molecule has 0 aliphatic heterocycles. The number of hydrogen-bond acceptors (Lipinski definition) is 4. The zero-order chi connectivity index (χ0) is 16.7.